The standard InChI is InChI=1S/C18H12ClN3O2/c1-10-2-7-15-13(8-10)16(18(24)22-15)14(9-20)17(23)21-12-5-3-11(19)4-6-12/h2-8H,1H3,(H,21,23)(H,22,24)/b16-14-. The van der Waals surface area contributed by atoms with Crippen LogP contribution >= 0.6 is 11.6 Å². The number of nitriles is 1. The maximum atomic E-state index is 12.5. The minimum absolute atomic E-state index is 0.0858. The molecule has 2 N–H and O–H groups in total. The number of anilines is 2. The third-order valence-electron chi connectivity index (χ3n) is 3.61. The minimum atomic E-state index is -0.640. The number of nitrogens with one attached hydrogen (secondary N) is 2. The number of halogens is 1. The summed E-state index contributed by atoms with van der Waals surface area (Å²) >= 11 is 5.80. The molecule has 0 bridgehead atoms. The Labute approximate surface area is 143 Å². The van der Waals surface area contributed by atoms with Crippen LogP contribution < -0.4 is 10.6 Å². The molecule has 118 valence electrons. The van der Waals surface area contributed by atoms with Gasteiger partial charge in [0, 0.05) is 22.0 Å². The fourth-order valence-corrected chi connectivity index (χ4v) is 2.60. The summed E-state index contributed by atoms with van der Waals surface area (Å²) in [4.78, 5) is 24.7. The Morgan fingerprint density at radius 2 is 1.92 bits per heavy atom. The largest absolute Gasteiger partial charge is 0.321 e. The number of fused-ring (bicyclic) bond motifs is 1. The smallest absolute Gasteiger partial charge is 0.267 e. The number of carbonyl (C=O) groups excluding carboxylic acids is 2. The molecule has 0 radical (unpaired) electrons. The first-order valence-electron chi connectivity index (χ1n) is 7.13. The van der Waals surface area contributed by atoms with Crippen LogP contribution in [0.5, 0.6) is 0 Å². The quantitative estimate of drug-likeness (QED) is 0.649. The molecule has 0 saturated carbocycles. The van der Waals surface area contributed by atoms with Crippen molar-refractivity contribution in [3.8, 4) is 6.07 Å². The molecule has 2 aromatic rings. The van der Waals surface area contributed by atoms with Crippen molar-refractivity contribution in [1.29, 1.82) is 5.26 Å². The molecule has 1 heterocycles. The average Bonchev–Trinajstić information content (AvgIpc) is 2.86. The first-order valence-corrected chi connectivity index (χ1v) is 7.51. The summed E-state index contributed by atoms with van der Waals surface area (Å²) in [5.41, 5.74) is 2.42. The second-order valence-electron chi connectivity index (χ2n) is 5.33. The molecule has 3 rings (SSSR count). The molecule has 0 spiro atoms. The Morgan fingerprint density at radius 1 is 1.21 bits per heavy atom. The van der Waals surface area contributed by atoms with Crippen LogP contribution in [-0.2, 0) is 9.59 Å². The second-order valence-corrected chi connectivity index (χ2v) is 5.76. The topological polar surface area (TPSA) is 82.0 Å². The van der Waals surface area contributed by atoms with E-state index in [9.17, 15) is 14.9 Å². The van der Waals surface area contributed by atoms with Crippen LogP contribution in [0.4, 0.5) is 11.4 Å². The number of nitrogens with zero attached hydrogens (tertiary/aromatic N) is 1. The van der Waals surface area contributed by atoms with Crippen molar-refractivity contribution in [2.24, 2.45) is 0 Å². The molecular weight excluding hydrogens is 326 g/mol. The first kappa shape index (κ1) is 15.8. The lowest BCUT2D eigenvalue weighted by molar-refractivity contribution is -0.113. The summed E-state index contributed by atoms with van der Waals surface area (Å²) in [6.07, 6.45) is 0. The van der Waals surface area contributed by atoms with Gasteiger partial charge in [0.1, 0.15) is 11.6 Å². The highest BCUT2D eigenvalue weighted by Crippen LogP contribution is 2.34. The van der Waals surface area contributed by atoms with E-state index in [2.05, 4.69) is 10.6 Å². The zero-order chi connectivity index (χ0) is 17.3. The first-order chi connectivity index (χ1) is 11.5. The number of hydrogen-bond donors (Lipinski definition) is 2. The number of benzene rings is 2. The van der Waals surface area contributed by atoms with Crippen molar-refractivity contribution in [3.05, 3.63) is 64.2 Å². The van der Waals surface area contributed by atoms with Crippen molar-refractivity contribution in [2.75, 3.05) is 10.6 Å². The summed E-state index contributed by atoms with van der Waals surface area (Å²) in [6.45, 7) is 1.88. The van der Waals surface area contributed by atoms with Crippen LogP contribution in [0.1, 0.15) is 11.1 Å². The third kappa shape index (κ3) is 2.87. The predicted molar refractivity (Wildman–Crippen MR) is 92.4 cm³/mol. The van der Waals surface area contributed by atoms with E-state index in [1.54, 1.807) is 36.4 Å². The lowest BCUT2D eigenvalue weighted by Crippen LogP contribution is -2.17. The van der Waals surface area contributed by atoms with Gasteiger partial charge in [0.05, 0.1) is 5.57 Å². The Morgan fingerprint density at radius 3 is 2.58 bits per heavy atom. The van der Waals surface area contributed by atoms with E-state index in [4.69, 9.17) is 11.6 Å². The molecule has 0 fully saturated rings. The van der Waals surface area contributed by atoms with E-state index in [-0.39, 0.29) is 11.1 Å². The zero-order valence-electron chi connectivity index (χ0n) is 12.7. The number of hydrogen-bond acceptors (Lipinski definition) is 3. The molecule has 0 aliphatic carbocycles. The summed E-state index contributed by atoms with van der Waals surface area (Å²) < 4.78 is 0. The molecular formula is C18H12ClN3O2. The van der Waals surface area contributed by atoms with Crippen LogP contribution in [0.3, 0.4) is 0 Å². The second kappa shape index (κ2) is 6.19. The van der Waals surface area contributed by atoms with Crippen molar-refractivity contribution in [1.82, 2.24) is 0 Å². The fraction of sp³-hybridized carbons (Fsp3) is 0.0556. The number of rotatable bonds is 2. The van der Waals surface area contributed by atoms with Crippen molar-refractivity contribution in [2.45, 2.75) is 6.92 Å². The van der Waals surface area contributed by atoms with Crippen LogP contribution in [-0.4, -0.2) is 11.8 Å². The van der Waals surface area contributed by atoms with E-state index in [1.165, 1.54) is 0 Å². The highest BCUT2D eigenvalue weighted by Gasteiger charge is 2.30. The molecule has 0 atom stereocenters. The van der Waals surface area contributed by atoms with Crippen LogP contribution in [0.2, 0.25) is 5.02 Å². The highest BCUT2D eigenvalue weighted by atomic mass is 35.5. The number of amides is 2. The van der Waals surface area contributed by atoms with Crippen LogP contribution in [0, 0.1) is 18.3 Å². The van der Waals surface area contributed by atoms with Gasteiger partial charge in [-0.25, -0.2) is 0 Å². The molecule has 0 saturated heterocycles. The Kier molecular flexibility index (Phi) is 4.07. The molecule has 2 amide bonds. The molecule has 24 heavy (non-hydrogen) atoms. The molecule has 2 aromatic carbocycles. The highest BCUT2D eigenvalue weighted by molar-refractivity contribution is 6.37. The SMILES string of the molecule is Cc1ccc2c(c1)/C(=C(\C#N)C(=O)Nc1ccc(Cl)cc1)C(=O)N2. The van der Waals surface area contributed by atoms with Crippen molar-refractivity contribution in [3.63, 3.8) is 0 Å². The van der Waals surface area contributed by atoms with E-state index in [1.807, 2.05) is 19.1 Å². The fourth-order valence-electron chi connectivity index (χ4n) is 2.48. The van der Waals surface area contributed by atoms with Gasteiger partial charge in [-0.05, 0) is 43.3 Å². The molecule has 6 heteroatoms. The van der Waals surface area contributed by atoms with Crippen molar-refractivity contribution < 1.29 is 9.59 Å². The van der Waals surface area contributed by atoms with Crippen LogP contribution in [0.15, 0.2) is 48.0 Å². The zero-order valence-corrected chi connectivity index (χ0v) is 13.4. The maximum Gasteiger partial charge on any atom is 0.267 e. The molecule has 0 aromatic heterocycles. The van der Waals surface area contributed by atoms with Gasteiger partial charge in [-0.2, -0.15) is 5.26 Å². The monoisotopic (exact) mass is 337 g/mol. The normalized spacial score (nSPS) is 14.5. The lowest BCUT2D eigenvalue weighted by Gasteiger charge is -2.06. The van der Waals surface area contributed by atoms with Gasteiger partial charge in [0.15, 0.2) is 0 Å². The van der Waals surface area contributed by atoms with E-state index in [0.717, 1.165) is 5.56 Å². The Balaban J connectivity index is 2.02. The van der Waals surface area contributed by atoms with E-state index >= 15 is 0 Å². The average molecular weight is 338 g/mol. The van der Waals surface area contributed by atoms with E-state index in [0.29, 0.717) is 22.0 Å². The van der Waals surface area contributed by atoms with Gasteiger partial charge < -0.3 is 10.6 Å². The summed E-state index contributed by atoms with van der Waals surface area (Å²) in [5, 5.41) is 15.2. The van der Waals surface area contributed by atoms with Crippen molar-refractivity contribution >= 4 is 40.4 Å². The van der Waals surface area contributed by atoms with Gasteiger partial charge in [-0.15, -0.1) is 0 Å². The number of aryl methyl sites for hydroxylation is 1. The van der Waals surface area contributed by atoms with Crippen LogP contribution in [0.25, 0.3) is 5.57 Å². The maximum absolute atomic E-state index is 12.5. The van der Waals surface area contributed by atoms with Gasteiger partial charge in [-0.3, -0.25) is 9.59 Å². The Bertz CT molecular complexity index is 924. The molecule has 0 unspecified atom stereocenters. The lowest BCUT2D eigenvalue weighted by atomic mass is 9.99. The molecule has 1 aliphatic rings. The third-order valence-corrected chi connectivity index (χ3v) is 3.86. The number of carbonyl (C=O) groups is 2. The predicted octanol–water partition coefficient (Wildman–Crippen LogP) is 3.52. The van der Waals surface area contributed by atoms with Gasteiger partial charge in [-0.1, -0.05) is 23.2 Å². The Hall–Kier alpha value is -3.10. The van der Waals surface area contributed by atoms with Gasteiger partial charge >= 0.3 is 0 Å². The summed E-state index contributed by atoms with van der Waals surface area (Å²) in [7, 11) is 0. The van der Waals surface area contributed by atoms with Gasteiger partial charge in [0.2, 0.25) is 0 Å². The minimum Gasteiger partial charge on any atom is -0.321 e. The molecule has 1 aliphatic heterocycles. The summed E-state index contributed by atoms with van der Waals surface area (Å²) in [5.74, 6) is -1.10. The summed E-state index contributed by atoms with van der Waals surface area (Å²) in [6, 6.07) is 13.7. The van der Waals surface area contributed by atoms with Gasteiger partial charge in [0.25, 0.3) is 11.8 Å². The van der Waals surface area contributed by atoms with E-state index < -0.39 is 11.8 Å². The molecule has 5 nitrogen and oxygen atoms in total.